The van der Waals surface area contributed by atoms with Crippen LogP contribution in [0.5, 0.6) is 0 Å². The maximum Gasteiger partial charge on any atom is 0.330 e. The molecule has 2 rings (SSSR count). The van der Waals surface area contributed by atoms with Crippen molar-refractivity contribution in [2.75, 3.05) is 13.7 Å². The highest BCUT2D eigenvalue weighted by Crippen LogP contribution is 2.43. The van der Waals surface area contributed by atoms with Crippen LogP contribution in [0.3, 0.4) is 0 Å². The van der Waals surface area contributed by atoms with Gasteiger partial charge in [-0.1, -0.05) is 13.8 Å². The first-order valence-electron chi connectivity index (χ1n) is 6.62. The number of aliphatic hydroxyl groups is 1. The predicted molar refractivity (Wildman–Crippen MR) is 71.5 cm³/mol. The summed E-state index contributed by atoms with van der Waals surface area (Å²) >= 11 is 0. The fraction of sp³-hybridized carbons (Fsp3) is 0.692. The van der Waals surface area contributed by atoms with Crippen LogP contribution in [0.4, 0.5) is 0 Å². The Balaban J connectivity index is 2.46. The fourth-order valence-electron chi connectivity index (χ4n) is 2.82. The van der Waals surface area contributed by atoms with E-state index < -0.39 is 23.1 Å². The zero-order valence-electron chi connectivity index (χ0n) is 11.8. The lowest BCUT2D eigenvalue weighted by Crippen LogP contribution is -2.40. The van der Waals surface area contributed by atoms with E-state index in [1.54, 1.807) is 0 Å². The number of rotatable bonds is 4. The molecule has 0 amide bonds. The van der Waals surface area contributed by atoms with E-state index in [-0.39, 0.29) is 18.6 Å². The van der Waals surface area contributed by atoms with E-state index in [0.29, 0.717) is 6.42 Å². The minimum absolute atomic E-state index is 0.0914. The van der Waals surface area contributed by atoms with Gasteiger partial charge in [0.1, 0.15) is 6.10 Å². The zero-order valence-corrected chi connectivity index (χ0v) is 11.8. The van der Waals surface area contributed by atoms with Crippen molar-refractivity contribution in [2.45, 2.75) is 38.2 Å². The average Bonchev–Trinajstić information content (AvgIpc) is 2.71. The van der Waals surface area contributed by atoms with Crippen LogP contribution in [-0.2, 0) is 9.47 Å². The molecule has 4 atom stereocenters. The summed E-state index contributed by atoms with van der Waals surface area (Å²) in [6, 6.07) is 1.26. The fourth-order valence-corrected chi connectivity index (χ4v) is 2.82. The smallest absolute Gasteiger partial charge is 0.330 e. The third-order valence-corrected chi connectivity index (χ3v) is 4.22. The summed E-state index contributed by atoms with van der Waals surface area (Å²) in [7, 11) is 1.54. The lowest BCUT2D eigenvalue weighted by molar-refractivity contribution is -0.120. The van der Waals surface area contributed by atoms with Crippen LogP contribution in [0.1, 0.15) is 26.5 Å². The monoisotopic (exact) mass is 284 g/mol. The van der Waals surface area contributed by atoms with Crippen molar-refractivity contribution in [2.24, 2.45) is 5.92 Å². The molecule has 112 valence electrons. The van der Waals surface area contributed by atoms with Crippen molar-refractivity contribution in [1.29, 1.82) is 0 Å². The van der Waals surface area contributed by atoms with Gasteiger partial charge >= 0.3 is 5.69 Å². The van der Waals surface area contributed by atoms with Gasteiger partial charge in [0, 0.05) is 25.3 Å². The topological polar surface area (TPSA) is 93.5 Å². The number of methoxy groups -OCH3 is 1. The number of hydrogen-bond acceptors (Lipinski definition) is 5. The van der Waals surface area contributed by atoms with E-state index >= 15 is 0 Å². The number of aromatic nitrogens is 2. The quantitative estimate of drug-likeness (QED) is 0.802. The van der Waals surface area contributed by atoms with Gasteiger partial charge in [-0.25, -0.2) is 4.79 Å². The molecule has 0 saturated carbocycles. The summed E-state index contributed by atoms with van der Waals surface area (Å²) in [6.07, 6.45) is 0.921. The van der Waals surface area contributed by atoms with E-state index in [2.05, 4.69) is 4.98 Å². The molecule has 0 radical (unpaired) electrons. The Bertz CT molecular complexity index is 575. The molecule has 7 nitrogen and oxygen atoms in total. The molecule has 2 N–H and O–H groups in total. The molecule has 0 aromatic carbocycles. The minimum atomic E-state index is -0.749. The highest BCUT2D eigenvalue weighted by molar-refractivity contribution is 4.99. The molecule has 2 heterocycles. The van der Waals surface area contributed by atoms with E-state index in [4.69, 9.17) is 9.47 Å². The molecule has 1 aliphatic rings. The first-order valence-corrected chi connectivity index (χ1v) is 6.62. The van der Waals surface area contributed by atoms with E-state index in [0.717, 1.165) is 0 Å². The SMILES string of the molecule is CC[C@]1(CO)O[C@@H](n2ccc(=O)[nH]c2=O)C(OC)[C@H]1C. The Hall–Kier alpha value is -1.44. The standard InChI is InChI=1S/C13H20N2O5/c1-4-13(7-16)8(2)10(19-3)11(20-13)15-6-5-9(17)14-12(15)18/h5-6,8,10-11,16H,4,7H2,1-3H3,(H,14,17,18)/t8-,10?,11-,13-/m1/s1. The molecule has 0 spiro atoms. The number of hydrogen-bond donors (Lipinski definition) is 2. The lowest BCUT2D eigenvalue weighted by Gasteiger charge is -2.29. The Morgan fingerprint density at radius 3 is 2.75 bits per heavy atom. The molecule has 20 heavy (non-hydrogen) atoms. The number of aliphatic hydroxyl groups excluding tert-OH is 1. The summed E-state index contributed by atoms with van der Waals surface area (Å²) in [4.78, 5) is 25.2. The van der Waals surface area contributed by atoms with Crippen molar-refractivity contribution in [1.82, 2.24) is 9.55 Å². The zero-order chi connectivity index (χ0) is 14.9. The molecule has 0 bridgehead atoms. The van der Waals surface area contributed by atoms with Crippen molar-refractivity contribution in [3.8, 4) is 0 Å². The van der Waals surface area contributed by atoms with Crippen molar-refractivity contribution in [3.05, 3.63) is 33.1 Å². The predicted octanol–water partition coefficient (Wildman–Crippen LogP) is -0.142. The second-order valence-electron chi connectivity index (χ2n) is 5.09. The highest BCUT2D eigenvalue weighted by atomic mass is 16.6. The molecule has 1 unspecified atom stereocenters. The van der Waals surface area contributed by atoms with E-state index in [1.807, 2.05) is 13.8 Å². The van der Waals surface area contributed by atoms with Crippen LogP contribution in [0.15, 0.2) is 21.9 Å². The third-order valence-electron chi connectivity index (χ3n) is 4.22. The van der Waals surface area contributed by atoms with Crippen molar-refractivity contribution >= 4 is 0 Å². The van der Waals surface area contributed by atoms with Crippen LogP contribution >= 0.6 is 0 Å². The Morgan fingerprint density at radius 1 is 1.55 bits per heavy atom. The van der Waals surface area contributed by atoms with Gasteiger partial charge in [-0.05, 0) is 6.42 Å². The maximum absolute atomic E-state index is 11.9. The van der Waals surface area contributed by atoms with Gasteiger partial charge < -0.3 is 14.6 Å². The maximum atomic E-state index is 11.9. The second kappa shape index (κ2) is 5.51. The van der Waals surface area contributed by atoms with Crippen LogP contribution < -0.4 is 11.2 Å². The second-order valence-corrected chi connectivity index (χ2v) is 5.09. The van der Waals surface area contributed by atoms with E-state index in [9.17, 15) is 14.7 Å². The average molecular weight is 284 g/mol. The van der Waals surface area contributed by atoms with Crippen LogP contribution in [0.2, 0.25) is 0 Å². The van der Waals surface area contributed by atoms with Crippen LogP contribution in [0, 0.1) is 5.92 Å². The molecule has 1 saturated heterocycles. The molecule has 1 fully saturated rings. The van der Waals surface area contributed by atoms with Crippen LogP contribution in [-0.4, -0.2) is 40.1 Å². The van der Waals surface area contributed by atoms with Gasteiger partial charge in [0.2, 0.25) is 0 Å². The van der Waals surface area contributed by atoms with Gasteiger partial charge in [0.15, 0.2) is 6.23 Å². The molecular formula is C13H20N2O5. The Kier molecular flexibility index (Phi) is 4.12. The summed E-state index contributed by atoms with van der Waals surface area (Å²) in [5.74, 6) is -0.0914. The largest absolute Gasteiger partial charge is 0.393 e. The molecular weight excluding hydrogens is 264 g/mol. The van der Waals surface area contributed by atoms with Gasteiger partial charge in [0.25, 0.3) is 5.56 Å². The number of nitrogens with zero attached hydrogens (tertiary/aromatic N) is 1. The molecule has 1 aromatic rings. The minimum Gasteiger partial charge on any atom is -0.393 e. The number of nitrogens with one attached hydrogen (secondary N) is 1. The summed E-state index contributed by atoms with van der Waals surface area (Å²) < 4.78 is 12.7. The summed E-state index contributed by atoms with van der Waals surface area (Å²) in [6.45, 7) is 3.68. The van der Waals surface area contributed by atoms with E-state index in [1.165, 1.54) is 23.9 Å². The number of aromatic amines is 1. The van der Waals surface area contributed by atoms with Gasteiger partial charge in [-0.15, -0.1) is 0 Å². The first-order chi connectivity index (χ1) is 9.49. The van der Waals surface area contributed by atoms with Crippen LogP contribution in [0.25, 0.3) is 0 Å². The highest BCUT2D eigenvalue weighted by Gasteiger charge is 2.52. The first kappa shape index (κ1) is 15.0. The summed E-state index contributed by atoms with van der Waals surface area (Å²) in [5.41, 5.74) is -1.77. The molecule has 7 heteroatoms. The third kappa shape index (κ3) is 2.21. The number of ether oxygens (including phenoxy) is 2. The van der Waals surface area contributed by atoms with Crippen molar-refractivity contribution in [3.63, 3.8) is 0 Å². The Morgan fingerprint density at radius 2 is 2.25 bits per heavy atom. The lowest BCUT2D eigenvalue weighted by atomic mass is 9.85. The van der Waals surface area contributed by atoms with Gasteiger partial charge in [-0.3, -0.25) is 14.3 Å². The van der Waals surface area contributed by atoms with Crippen molar-refractivity contribution < 1.29 is 14.6 Å². The molecule has 1 aliphatic heterocycles. The molecule has 1 aromatic heterocycles. The van der Waals surface area contributed by atoms with Gasteiger partial charge in [0.05, 0.1) is 12.2 Å². The van der Waals surface area contributed by atoms with Gasteiger partial charge in [-0.2, -0.15) is 0 Å². The normalized spacial score (nSPS) is 33.5. The molecule has 0 aliphatic carbocycles. The summed E-state index contributed by atoms with van der Waals surface area (Å²) in [5, 5.41) is 9.65. The number of H-pyrrole nitrogens is 1. The Labute approximate surface area is 116 Å².